The number of carbonyl (C=O) groups is 1. The first-order valence-electron chi connectivity index (χ1n) is 5.79. The number of nitrogens with one attached hydrogen (secondary N) is 1. The van der Waals surface area contributed by atoms with Crippen LogP contribution in [0.3, 0.4) is 0 Å². The normalized spacial score (nSPS) is 25.8. The van der Waals surface area contributed by atoms with Crippen LogP contribution < -0.4 is 5.32 Å². The molecule has 1 fully saturated rings. The molecule has 1 aromatic rings. The van der Waals surface area contributed by atoms with E-state index in [1.807, 2.05) is 11.4 Å². The predicted molar refractivity (Wildman–Crippen MR) is 79.6 cm³/mol. The molecule has 94 valence electrons. The maximum atomic E-state index is 12.0. The van der Waals surface area contributed by atoms with Gasteiger partial charge in [-0.25, -0.2) is 0 Å². The van der Waals surface area contributed by atoms with Crippen molar-refractivity contribution >= 4 is 39.8 Å². The molecule has 0 bridgehead atoms. The molecule has 1 N–H and O–H groups in total. The molecular formula is C12H17IN2OS. The van der Waals surface area contributed by atoms with E-state index >= 15 is 0 Å². The number of amides is 1. The highest BCUT2D eigenvalue weighted by atomic mass is 127. The monoisotopic (exact) mass is 364 g/mol. The average molecular weight is 364 g/mol. The maximum Gasteiger partial charge on any atom is 0.252 e. The Balaban J connectivity index is 1.95. The number of nitrogens with zero attached hydrogens (tertiary/aromatic N) is 1. The molecule has 5 heteroatoms. The zero-order valence-corrected chi connectivity index (χ0v) is 13.0. The summed E-state index contributed by atoms with van der Waals surface area (Å²) in [4.78, 5) is 14.4. The Morgan fingerprint density at radius 1 is 1.65 bits per heavy atom. The minimum atomic E-state index is 0.0746. The summed E-state index contributed by atoms with van der Waals surface area (Å²) in [5.41, 5.74) is 0.797. The fourth-order valence-electron chi connectivity index (χ4n) is 2.25. The first kappa shape index (κ1) is 13.3. The van der Waals surface area contributed by atoms with Gasteiger partial charge in [-0.15, -0.1) is 11.3 Å². The molecule has 2 unspecified atom stereocenters. The van der Waals surface area contributed by atoms with Crippen molar-refractivity contribution in [2.24, 2.45) is 5.92 Å². The molecule has 1 amide bonds. The zero-order chi connectivity index (χ0) is 12.4. The van der Waals surface area contributed by atoms with Crippen molar-refractivity contribution < 1.29 is 4.79 Å². The highest BCUT2D eigenvalue weighted by Crippen LogP contribution is 2.19. The van der Waals surface area contributed by atoms with Crippen molar-refractivity contribution in [1.82, 2.24) is 10.2 Å². The molecule has 2 atom stereocenters. The van der Waals surface area contributed by atoms with Crippen LogP contribution in [-0.2, 0) is 0 Å². The molecule has 2 rings (SSSR count). The number of halogens is 1. The molecule has 1 saturated heterocycles. The van der Waals surface area contributed by atoms with Crippen molar-refractivity contribution in [3.8, 4) is 0 Å². The van der Waals surface area contributed by atoms with Crippen LogP contribution in [0.4, 0.5) is 0 Å². The van der Waals surface area contributed by atoms with Crippen LogP contribution in [0, 0.1) is 8.80 Å². The molecule has 3 nitrogen and oxygen atoms in total. The van der Waals surface area contributed by atoms with Crippen LogP contribution >= 0.6 is 33.9 Å². The Morgan fingerprint density at radius 3 is 3.00 bits per heavy atom. The van der Waals surface area contributed by atoms with Gasteiger partial charge in [0.15, 0.2) is 0 Å². The van der Waals surface area contributed by atoms with E-state index in [-0.39, 0.29) is 5.91 Å². The Morgan fingerprint density at radius 2 is 2.41 bits per heavy atom. The summed E-state index contributed by atoms with van der Waals surface area (Å²) >= 11 is 3.86. The molecule has 17 heavy (non-hydrogen) atoms. The molecular weight excluding hydrogens is 347 g/mol. The van der Waals surface area contributed by atoms with E-state index in [4.69, 9.17) is 0 Å². The third-order valence-corrected chi connectivity index (χ3v) is 5.04. The summed E-state index contributed by atoms with van der Waals surface area (Å²) in [5, 5.41) is 5.08. The second-order valence-corrected chi connectivity index (χ2v) is 7.55. The number of hydrogen-bond acceptors (Lipinski definition) is 3. The van der Waals surface area contributed by atoms with Crippen molar-refractivity contribution in [1.29, 1.82) is 0 Å². The maximum absolute atomic E-state index is 12.0. The van der Waals surface area contributed by atoms with Crippen LogP contribution in [0.5, 0.6) is 0 Å². The highest BCUT2D eigenvalue weighted by molar-refractivity contribution is 14.1. The number of piperidine rings is 1. The zero-order valence-electron chi connectivity index (χ0n) is 10.1. The minimum absolute atomic E-state index is 0.0746. The Bertz CT molecular complexity index is 407. The quantitative estimate of drug-likeness (QED) is 0.818. The highest BCUT2D eigenvalue weighted by Gasteiger charge is 2.25. The van der Waals surface area contributed by atoms with Crippen molar-refractivity contribution in [2.45, 2.75) is 19.4 Å². The van der Waals surface area contributed by atoms with Gasteiger partial charge in [0.05, 0.1) is 8.45 Å². The number of thiophene rings is 1. The number of rotatable bonds is 2. The Hall–Kier alpha value is -0.140. The van der Waals surface area contributed by atoms with Gasteiger partial charge in [0.1, 0.15) is 0 Å². The van der Waals surface area contributed by atoms with Gasteiger partial charge in [-0.05, 0) is 54.6 Å². The number of hydrogen-bond donors (Lipinski definition) is 1. The van der Waals surface area contributed by atoms with Gasteiger partial charge in [0.25, 0.3) is 5.91 Å². The van der Waals surface area contributed by atoms with E-state index in [0.717, 1.165) is 28.0 Å². The van der Waals surface area contributed by atoms with Crippen LogP contribution in [-0.4, -0.2) is 37.0 Å². The second-order valence-electron chi connectivity index (χ2n) is 4.75. The summed E-state index contributed by atoms with van der Waals surface area (Å²) in [6.45, 7) is 4.33. The summed E-state index contributed by atoms with van der Waals surface area (Å²) in [6.07, 6.45) is 1.05. The van der Waals surface area contributed by atoms with Gasteiger partial charge in [0, 0.05) is 18.0 Å². The standard InChI is InChI=1S/C12H17IN2OS/c1-8-6-15(2)4-3-10(8)14-12(16)9-5-11(13)17-7-9/h5,7-8,10H,3-4,6H2,1-2H3,(H,14,16). The first-order valence-corrected chi connectivity index (χ1v) is 7.75. The minimum Gasteiger partial charge on any atom is -0.349 e. The van der Waals surface area contributed by atoms with Crippen molar-refractivity contribution in [2.75, 3.05) is 20.1 Å². The van der Waals surface area contributed by atoms with Crippen molar-refractivity contribution in [3.63, 3.8) is 0 Å². The fourth-order valence-corrected chi connectivity index (χ4v) is 3.58. The first-order chi connectivity index (χ1) is 8.06. The average Bonchev–Trinajstić information content (AvgIpc) is 2.69. The van der Waals surface area contributed by atoms with Crippen molar-refractivity contribution in [3.05, 3.63) is 19.9 Å². The van der Waals surface area contributed by atoms with E-state index < -0.39 is 0 Å². The molecule has 0 radical (unpaired) electrons. The van der Waals surface area contributed by atoms with E-state index in [1.165, 1.54) is 0 Å². The van der Waals surface area contributed by atoms with E-state index in [1.54, 1.807) is 11.3 Å². The van der Waals surface area contributed by atoms with Crippen LogP contribution in [0.15, 0.2) is 11.4 Å². The lowest BCUT2D eigenvalue weighted by Gasteiger charge is -2.35. The summed E-state index contributed by atoms with van der Waals surface area (Å²) in [5.74, 6) is 0.598. The van der Waals surface area contributed by atoms with E-state index in [9.17, 15) is 4.79 Å². The van der Waals surface area contributed by atoms with Gasteiger partial charge in [-0.2, -0.15) is 0 Å². The van der Waals surface area contributed by atoms with Crippen LogP contribution in [0.25, 0.3) is 0 Å². The molecule has 0 spiro atoms. The van der Waals surface area contributed by atoms with Gasteiger partial charge in [-0.3, -0.25) is 4.79 Å². The van der Waals surface area contributed by atoms with E-state index in [0.29, 0.717) is 12.0 Å². The molecule has 1 aromatic heterocycles. The smallest absolute Gasteiger partial charge is 0.252 e. The Labute approximate surface area is 120 Å². The lowest BCUT2D eigenvalue weighted by Crippen LogP contribution is -2.48. The fraction of sp³-hybridized carbons (Fsp3) is 0.583. The Kier molecular flexibility index (Phi) is 4.43. The summed E-state index contributed by atoms with van der Waals surface area (Å²) < 4.78 is 1.16. The molecule has 0 aliphatic carbocycles. The lowest BCUT2D eigenvalue weighted by molar-refractivity contribution is 0.0884. The lowest BCUT2D eigenvalue weighted by atomic mass is 9.94. The van der Waals surface area contributed by atoms with Gasteiger partial charge in [0.2, 0.25) is 0 Å². The number of likely N-dealkylation sites (tertiary alicyclic amines) is 1. The van der Waals surface area contributed by atoms with Gasteiger partial charge >= 0.3 is 0 Å². The summed E-state index contributed by atoms with van der Waals surface area (Å²) in [7, 11) is 2.13. The van der Waals surface area contributed by atoms with Gasteiger partial charge in [-0.1, -0.05) is 6.92 Å². The molecule has 1 aliphatic rings. The largest absolute Gasteiger partial charge is 0.349 e. The molecule has 2 heterocycles. The predicted octanol–water partition coefficient (Wildman–Crippen LogP) is 2.42. The third kappa shape index (κ3) is 3.42. The molecule has 1 aliphatic heterocycles. The second kappa shape index (κ2) is 5.67. The summed E-state index contributed by atoms with van der Waals surface area (Å²) in [6, 6.07) is 2.26. The SMILES string of the molecule is CC1CN(C)CCC1NC(=O)c1csc(I)c1. The van der Waals surface area contributed by atoms with Crippen LogP contribution in [0.2, 0.25) is 0 Å². The van der Waals surface area contributed by atoms with Crippen LogP contribution in [0.1, 0.15) is 23.7 Å². The number of carbonyl (C=O) groups excluding carboxylic acids is 1. The van der Waals surface area contributed by atoms with E-state index in [2.05, 4.69) is 46.8 Å². The topological polar surface area (TPSA) is 32.3 Å². The third-order valence-electron chi connectivity index (χ3n) is 3.25. The molecule has 0 saturated carbocycles. The molecule has 0 aromatic carbocycles. The van der Waals surface area contributed by atoms with Gasteiger partial charge < -0.3 is 10.2 Å².